The number of aliphatic hydroxyl groups excluding tert-OH is 1. The number of hydrogen-bond donors (Lipinski definition) is 2. The minimum Gasteiger partial charge on any atom is -0.396 e. The van der Waals surface area contributed by atoms with Crippen LogP contribution < -0.4 is 5.32 Å². The summed E-state index contributed by atoms with van der Waals surface area (Å²) >= 11 is 0. The predicted octanol–water partition coefficient (Wildman–Crippen LogP) is 2.50. The van der Waals surface area contributed by atoms with Gasteiger partial charge in [0.25, 0.3) is 0 Å². The van der Waals surface area contributed by atoms with Crippen LogP contribution in [0.4, 0.5) is 14.5 Å². The average molecular weight is 307 g/mol. The Morgan fingerprint density at radius 2 is 1.80 bits per heavy atom. The lowest BCUT2D eigenvalue weighted by atomic mass is 9.90. The van der Waals surface area contributed by atoms with Crippen molar-refractivity contribution in [3.8, 4) is 0 Å². The molecule has 114 valence electrons. The molecule has 1 rings (SSSR count). The number of nitrogens with one attached hydrogen (secondary N) is 1. The van der Waals surface area contributed by atoms with Gasteiger partial charge in [-0.1, -0.05) is 13.8 Å². The highest BCUT2D eigenvalue weighted by Gasteiger charge is 2.26. The van der Waals surface area contributed by atoms with Gasteiger partial charge in [-0.05, 0) is 36.1 Å². The van der Waals surface area contributed by atoms with Crippen LogP contribution in [0.5, 0.6) is 0 Å². The Morgan fingerprint density at radius 3 is 2.25 bits per heavy atom. The van der Waals surface area contributed by atoms with E-state index < -0.39 is 20.5 Å². The van der Waals surface area contributed by atoms with Crippen molar-refractivity contribution in [2.75, 3.05) is 18.5 Å². The van der Waals surface area contributed by atoms with Crippen molar-refractivity contribution in [2.24, 2.45) is 5.41 Å². The molecule has 0 aliphatic carbocycles. The molecule has 1 aromatic carbocycles. The van der Waals surface area contributed by atoms with E-state index in [-0.39, 0.29) is 12.0 Å². The zero-order chi connectivity index (χ0) is 15.4. The first-order valence-corrected chi connectivity index (χ1v) is 7.70. The van der Waals surface area contributed by atoms with E-state index in [1.54, 1.807) is 0 Å². The molecule has 0 aliphatic rings. The molecule has 0 atom stereocenters. The Balaban J connectivity index is 2.74. The molecule has 0 saturated carbocycles. The van der Waals surface area contributed by atoms with Crippen LogP contribution in [-0.2, 0) is 9.84 Å². The lowest BCUT2D eigenvalue weighted by Crippen LogP contribution is -2.24. The number of sulfone groups is 1. The van der Waals surface area contributed by atoms with E-state index in [1.165, 1.54) is 12.1 Å². The van der Waals surface area contributed by atoms with Crippen LogP contribution in [0.15, 0.2) is 29.2 Å². The first kappa shape index (κ1) is 16.8. The monoisotopic (exact) mass is 307 g/mol. The van der Waals surface area contributed by atoms with Gasteiger partial charge >= 0.3 is 5.76 Å². The number of aliphatic hydroxyl groups is 1. The molecule has 0 aromatic heterocycles. The topological polar surface area (TPSA) is 66.4 Å². The Kier molecular flexibility index (Phi) is 5.47. The van der Waals surface area contributed by atoms with Crippen molar-refractivity contribution in [3.63, 3.8) is 0 Å². The van der Waals surface area contributed by atoms with Crippen LogP contribution in [0.2, 0.25) is 0 Å². The van der Waals surface area contributed by atoms with Crippen molar-refractivity contribution < 1.29 is 22.3 Å². The Bertz CT molecular complexity index is 527. The van der Waals surface area contributed by atoms with Gasteiger partial charge in [0.05, 0.1) is 4.90 Å². The second-order valence-corrected chi connectivity index (χ2v) is 7.24. The molecular weight excluding hydrogens is 288 g/mol. The van der Waals surface area contributed by atoms with Gasteiger partial charge in [-0.25, -0.2) is 8.42 Å². The quantitative estimate of drug-likeness (QED) is 0.812. The zero-order valence-electron chi connectivity index (χ0n) is 11.4. The fourth-order valence-electron chi connectivity index (χ4n) is 1.60. The third kappa shape index (κ3) is 4.42. The van der Waals surface area contributed by atoms with E-state index in [9.17, 15) is 17.2 Å². The van der Waals surface area contributed by atoms with Gasteiger partial charge in [0.1, 0.15) is 0 Å². The van der Waals surface area contributed by atoms with Gasteiger partial charge in [0, 0.05) is 18.8 Å². The van der Waals surface area contributed by atoms with Gasteiger partial charge in [-0.2, -0.15) is 8.78 Å². The summed E-state index contributed by atoms with van der Waals surface area (Å²) in [6, 6.07) is 5.21. The largest absolute Gasteiger partial charge is 0.396 e. The molecule has 0 aliphatic heterocycles. The lowest BCUT2D eigenvalue weighted by Gasteiger charge is -2.24. The van der Waals surface area contributed by atoms with Crippen molar-refractivity contribution in [1.29, 1.82) is 0 Å². The summed E-state index contributed by atoms with van der Waals surface area (Å²) in [6.45, 7) is 4.62. The SMILES string of the molecule is CC(C)(CCO)CNc1ccc(S(=O)(=O)C(F)F)cc1. The fourth-order valence-corrected chi connectivity index (χ4v) is 2.32. The van der Waals surface area contributed by atoms with Crippen molar-refractivity contribution in [1.82, 2.24) is 0 Å². The molecule has 2 N–H and O–H groups in total. The highest BCUT2D eigenvalue weighted by Crippen LogP contribution is 2.23. The van der Waals surface area contributed by atoms with Crippen LogP contribution in [0, 0.1) is 5.41 Å². The summed E-state index contributed by atoms with van der Waals surface area (Å²) in [5.41, 5.74) is 0.520. The molecule has 0 heterocycles. The standard InChI is InChI=1S/C13H19F2NO3S/c1-13(2,7-8-17)9-16-10-3-5-11(6-4-10)20(18,19)12(14)15/h3-6,12,16-17H,7-9H2,1-2H3. The Hall–Kier alpha value is -1.21. The molecular formula is C13H19F2NO3S. The maximum absolute atomic E-state index is 12.4. The average Bonchev–Trinajstić information content (AvgIpc) is 2.37. The molecule has 0 fully saturated rings. The molecule has 0 spiro atoms. The van der Waals surface area contributed by atoms with E-state index in [4.69, 9.17) is 5.11 Å². The van der Waals surface area contributed by atoms with Gasteiger partial charge in [-0.3, -0.25) is 0 Å². The molecule has 4 nitrogen and oxygen atoms in total. The maximum Gasteiger partial charge on any atom is 0.341 e. The minimum absolute atomic E-state index is 0.0836. The van der Waals surface area contributed by atoms with Gasteiger partial charge < -0.3 is 10.4 Å². The summed E-state index contributed by atoms with van der Waals surface area (Å²) in [4.78, 5) is -0.396. The van der Waals surface area contributed by atoms with Crippen LogP contribution in [0.1, 0.15) is 20.3 Å². The summed E-state index contributed by atoms with van der Waals surface area (Å²) in [5.74, 6) is -3.41. The molecule has 1 aromatic rings. The number of anilines is 1. The molecule has 7 heteroatoms. The molecule has 0 unspecified atom stereocenters. The number of halogens is 2. The molecule has 0 amide bonds. The fraction of sp³-hybridized carbons (Fsp3) is 0.538. The van der Waals surface area contributed by atoms with Crippen LogP contribution in [0.3, 0.4) is 0 Å². The first-order valence-electron chi connectivity index (χ1n) is 6.16. The summed E-state index contributed by atoms with van der Waals surface area (Å²) in [7, 11) is -4.54. The van der Waals surface area contributed by atoms with Gasteiger partial charge in [0.15, 0.2) is 0 Å². The Labute approximate surface area is 117 Å². The summed E-state index contributed by atoms with van der Waals surface area (Å²) < 4.78 is 47.2. The van der Waals surface area contributed by atoms with Crippen LogP contribution in [0.25, 0.3) is 0 Å². The van der Waals surface area contributed by atoms with Gasteiger partial charge in [-0.15, -0.1) is 0 Å². The number of alkyl halides is 2. The first-order chi connectivity index (χ1) is 9.19. The molecule has 0 radical (unpaired) electrons. The summed E-state index contributed by atoms with van der Waals surface area (Å²) in [5, 5.41) is 12.0. The highest BCUT2D eigenvalue weighted by atomic mass is 32.2. The second-order valence-electron chi connectivity index (χ2n) is 5.32. The lowest BCUT2D eigenvalue weighted by molar-refractivity contribution is 0.220. The third-order valence-corrected chi connectivity index (χ3v) is 4.38. The van der Waals surface area contributed by atoms with Crippen LogP contribution in [-0.4, -0.2) is 32.4 Å². The summed E-state index contributed by atoms with van der Waals surface area (Å²) in [6.07, 6.45) is 0.623. The second kappa shape index (κ2) is 6.49. The van der Waals surface area contributed by atoms with Crippen molar-refractivity contribution in [3.05, 3.63) is 24.3 Å². The predicted molar refractivity (Wildman–Crippen MR) is 73.6 cm³/mol. The van der Waals surface area contributed by atoms with E-state index in [2.05, 4.69) is 5.32 Å². The molecule has 20 heavy (non-hydrogen) atoms. The minimum atomic E-state index is -4.54. The van der Waals surface area contributed by atoms with E-state index in [1.807, 2.05) is 13.8 Å². The van der Waals surface area contributed by atoms with Crippen molar-refractivity contribution in [2.45, 2.75) is 30.9 Å². The maximum atomic E-state index is 12.4. The molecule has 0 bridgehead atoms. The zero-order valence-corrected chi connectivity index (χ0v) is 12.3. The smallest absolute Gasteiger partial charge is 0.341 e. The van der Waals surface area contributed by atoms with E-state index in [0.717, 1.165) is 12.1 Å². The highest BCUT2D eigenvalue weighted by molar-refractivity contribution is 7.91. The normalized spacial score (nSPS) is 12.7. The third-order valence-electron chi connectivity index (χ3n) is 2.98. The van der Waals surface area contributed by atoms with Crippen LogP contribution >= 0.6 is 0 Å². The van der Waals surface area contributed by atoms with Gasteiger partial charge in [0.2, 0.25) is 9.84 Å². The molecule has 0 saturated heterocycles. The Morgan fingerprint density at radius 1 is 1.25 bits per heavy atom. The number of rotatable bonds is 7. The van der Waals surface area contributed by atoms with Crippen molar-refractivity contribution >= 4 is 15.5 Å². The number of benzene rings is 1. The van der Waals surface area contributed by atoms with E-state index >= 15 is 0 Å². The number of hydrogen-bond acceptors (Lipinski definition) is 4. The van der Waals surface area contributed by atoms with E-state index in [0.29, 0.717) is 18.7 Å².